The highest BCUT2D eigenvalue weighted by atomic mass is 16.3. The van der Waals surface area contributed by atoms with Crippen LogP contribution in [-0.2, 0) is 6.42 Å². The minimum Gasteiger partial charge on any atom is -0.505 e. The van der Waals surface area contributed by atoms with E-state index in [4.69, 9.17) is 0 Å². The Hall–Kier alpha value is -2.47. The highest BCUT2D eigenvalue weighted by molar-refractivity contribution is 5.94. The monoisotopic (exact) mass is 313 g/mol. The number of nitrogens with zero attached hydrogens (tertiary/aromatic N) is 2. The first-order chi connectivity index (χ1) is 11.1. The van der Waals surface area contributed by atoms with Gasteiger partial charge in [0.25, 0.3) is 5.91 Å². The quantitative estimate of drug-likeness (QED) is 0.773. The topological polar surface area (TPSA) is 95.3 Å². The molecule has 2 heterocycles. The van der Waals surface area contributed by atoms with Crippen LogP contribution in [0, 0.1) is 5.92 Å². The average molecular weight is 313 g/mol. The number of aromatic hydroxyl groups is 1. The minimum absolute atomic E-state index is 0.0124. The van der Waals surface area contributed by atoms with Crippen molar-refractivity contribution in [2.75, 3.05) is 0 Å². The molecule has 0 radical (unpaired) electrons. The molecule has 120 valence electrons. The molecule has 1 aliphatic carbocycles. The SMILES string of the molecule is O=C(NC(Cc1ccccn1)C1CC(O)C1)c1ncccc1O. The number of amides is 1. The van der Waals surface area contributed by atoms with E-state index < -0.39 is 5.91 Å². The van der Waals surface area contributed by atoms with Crippen molar-refractivity contribution in [1.29, 1.82) is 0 Å². The fourth-order valence-corrected chi connectivity index (χ4v) is 2.85. The summed E-state index contributed by atoms with van der Waals surface area (Å²) in [6.07, 6.45) is 4.78. The minimum atomic E-state index is -0.412. The third-order valence-corrected chi connectivity index (χ3v) is 4.19. The Morgan fingerprint density at radius 2 is 2.00 bits per heavy atom. The van der Waals surface area contributed by atoms with Crippen LogP contribution in [-0.4, -0.2) is 38.2 Å². The molecule has 0 aromatic carbocycles. The Morgan fingerprint density at radius 3 is 2.65 bits per heavy atom. The summed E-state index contributed by atoms with van der Waals surface area (Å²) in [5.41, 5.74) is 0.892. The average Bonchev–Trinajstić information content (AvgIpc) is 2.52. The van der Waals surface area contributed by atoms with Crippen molar-refractivity contribution in [3.8, 4) is 5.75 Å². The second-order valence-corrected chi connectivity index (χ2v) is 5.86. The van der Waals surface area contributed by atoms with E-state index in [0.29, 0.717) is 19.3 Å². The molecule has 1 unspecified atom stereocenters. The van der Waals surface area contributed by atoms with Crippen molar-refractivity contribution in [3.63, 3.8) is 0 Å². The Morgan fingerprint density at radius 1 is 1.22 bits per heavy atom. The van der Waals surface area contributed by atoms with Gasteiger partial charge in [-0.15, -0.1) is 0 Å². The van der Waals surface area contributed by atoms with E-state index in [0.717, 1.165) is 5.69 Å². The molecular formula is C17H19N3O3. The van der Waals surface area contributed by atoms with Gasteiger partial charge in [-0.05, 0) is 43.0 Å². The smallest absolute Gasteiger partial charge is 0.273 e. The molecule has 2 aromatic rings. The summed E-state index contributed by atoms with van der Waals surface area (Å²) in [7, 11) is 0. The Balaban J connectivity index is 1.73. The number of hydrogen-bond donors (Lipinski definition) is 3. The lowest BCUT2D eigenvalue weighted by molar-refractivity contribution is 0.0237. The van der Waals surface area contributed by atoms with Crippen LogP contribution in [0.25, 0.3) is 0 Å². The first kappa shape index (κ1) is 15.4. The van der Waals surface area contributed by atoms with Gasteiger partial charge in [0.15, 0.2) is 5.69 Å². The van der Waals surface area contributed by atoms with E-state index in [1.807, 2.05) is 18.2 Å². The Kier molecular flexibility index (Phi) is 4.52. The van der Waals surface area contributed by atoms with E-state index >= 15 is 0 Å². The van der Waals surface area contributed by atoms with Crippen LogP contribution in [0.3, 0.4) is 0 Å². The second kappa shape index (κ2) is 6.75. The second-order valence-electron chi connectivity index (χ2n) is 5.86. The molecule has 6 nitrogen and oxygen atoms in total. The normalized spacial score (nSPS) is 21.3. The van der Waals surface area contributed by atoms with Gasteiger partial charge in [-0.1, -0.05) is 6.07 Å². The molecule has 1 amide bonds. The standard InChI is InChI=1S/C17H19N3O3/c21-13-8-11(9-13)14(10-12-4-1-2-6-18-12)20-17(23)16-15(22)5-3-7-19-16/h1-7,11,13-14,21-22H,8-10H2,(H,20,23). The maximum Gasteiger partial charge on any atom is 0.273 e. The van der Waals surface area contributed by atoms with Gasteiger partial charge in [0.2, 0.25) is 0 Å². The maximum atomic E-state index is 12.4. The summed E-state index contributed by atoms with van der Waals surface area (Å²) in [4.78, 5) is 20.6. The molecule has 0 bridgehead atoms. The molecule has 1 atom stereocenters. The zero-order chi connectivity index (χ0) is 16.2. The number of carbonyl (C=O) groups is 1. The van der Waals surface area contributed by atoms with Crippen LogP contribution in [0.15, 0.2) is 42.7 Å². The van der Waals surface area contributed by atoms with Crippen molar-refractivity contribution < 1.29 is 15.0 Å². The predicted octanol–water partition coefficient (Wildman–Crippen LogP) is 1.29. The molecule has 23 heavy (non-hydrogen) atoms. The lowest BCUT2D eigenvalue weighted by atomic mass is 9.76. The zero-order valence-electron chi connectivity index (χ0n) is 12.6. The van der Waals surface area contributed by atoms with E-state index in [1.54, 1.807) is 12.3 Å². The molecule has 1 aliphatic rings. The number of pyridine rings is 2. The van der Waals surface area contributed by atoms with E-state index in [1.165, 1.54) is 12.3 Å². The van der Waals surface area contributed by atoms with Crippen LogP contribution >= 0.6 is 0 Å². The molecule has 1 fully saturated rings. The number of hydrogen-bond acceptors (Lipinski definition) is 5. The fraction of sp³-hybridized carbons (Fsp3) is 0.353. The van der Waals surface area contributed by atoms with E-state index in [9.17, 15) is 15.0 Å². The Labute approximate surface area is 134 Å². The summed E-state index contributed by atoms with van der Waals surface area (Å²) >= 11 is 0. The molecule has 3 N–H and O–H groups in total. The van der Waals surface area contributed by atoms with Crippen LogP contribution < -0.4 is 5.32 Å². The fourth-order valence-electron chi connectivity index (χ4n) is 2.85. The van der Waals surface area contributed by atoms with Crippen molar-refractivity contribution in [3.05, 3.63) is 54.1 Å². The summed E-state index contributed by atoms with van der Waals surface area (Å²) in [5.74, 6) is -0.359. The van der Waals surface area contributed by atoms with Gasteiger partial charge in [-0.3, -0.25) is 9.78 Å². The van der Waals surface area contributed by atoms with Crippen molar-refractivity contribution in [2.24, 2.45) is 5.92 Å². The molecule has 1 saturated carbocycles. The van der Waals surface area contributed by atoms with Gasteiger partial charge >= 0.3 is 0 Å². The lowest BCUT2D eigenvalue weighted by Crippen LogP contribution is -2.48. The lowest BCUT2D eigenvalue weighted by Gasteiger charge is -2.38. The van der Waals surface area contributed by atoms with Crippen LogP contribution in [0.2, 0.25) is 0 Å². The third kappa shape index (κ3) is 3.65. The number of aliphatic hydroxyl groups is 1. The molecule has 0 spiro atoms. The first-order valence-electron chi connectivity index (χ1n) is 7.66. The molecule has 0 saturated heterocycles. The highest BCUT2D eigenvalue weighted by Crippen LogP contribution is 2.31. The number of aromatic nitrogens is 2. The van der Waals surface area contributed by atoms with Crippen molar-refractivity contribution in [2.45, 2.75) is 31.4 Å². The van der Waals surface area contributed by atoms with Gasteiger partial charge in [-0.2, -0.15) is 0 Å². The van der Waals surface area contributed by atoms with Gasteiger partial charge in [0.1, 0.15) is 5.75 Å². The number of carbonyl (C=O) groups excluding carboxylic acids is 1. The van der Waals surface area contributed by atoms with Gasteiger partial charge in [0.05, 0.1) is 6.10 Å². The number of rotatable bonds is 5. The summed E-state index contributed by atoms with van der Waals surface area (Å²) in [6.45, 7) is 0. The van der Waals surface area contributed by atoms with Crippen molar-refractivity contribution in [1.82, 2.24) is 15.3 Å². The summed E-state index contributed by atoms with van der Waals surface area (Å²) in [6, 6.07) is 8.51. The van der Waals surface area contributed by atoms with Crippen LogP contribution in [0.1, 0.15) is 29.0 Å². The highest BCUT2D eigenvalue weighted by Gasteiger charge is 2.35. The predicted molar refractivity (Wildman–Crippen MR) is 83.8 cm³/mol. The van der Waals surface area contributed by atoms with Crippen LogP contribution in [0.5, 0.6) is 5.75 Å². The molecule has 0 aliphatic heterocycles. The van der Waals surface area contributed by atoms with Gasteiger partial charge in [-0.25, -0.2) is 4.98 Å². The molecule has 2 aromatic heterocycles. The molecule has 3 rings (SSSR count). The third-order valence-electron chi connectivity index (χ3n) is 4.19. The van der Waals surface area contributed by atoms with Gasteiger partial charge < -0.3 is 15.5 Å². The summed E-state index contributed by atoms with van der Waals surface area (Å²) < 4.78 is 0. The summed E-state index contributed by atoms with van der Waals surface area (Å²) in [5, 5.41) is 22.2. The number of nitrogens with one attached hydrogen (secondary N) is 1. The Bertz CT molecular complexity index is 672. The van der Waals surface area contributed by atoms with E-state index in [2.05, 4.69) is 15.3 Å². The molecular weight excluding hydrogens is 294 g/mol. The first-order valence-corrected chi connectivity index (χ1v) is 7.66. The number of aliphatic hydroxyl groups excluding tert-OH is 1. The van der Waals surface area contributed by atoms with Crippen LogP contribution in [0.4, 0.5) is 0 Å². The molecule has 6 heteroatoms. The zero-order valence-corrected chi connectivity index (χ0v) is 12.6. The largest absolute Gasteiger partial charge is 0.505 e. The van der Waals surface area contributed by atoms with Gasteiger partial charge in [0, 0.05) is 30.6 Å². The van der Waals surface area contributed by atoms with Crippen molar-refractivity contribution >= 4 is 5.91 Å². The maximum absolute atomic E-state index is 12.4. The van der Waals surface area contributed by atoms with E-state index in [-0.39, 0.29) is 29.5 Å².